The standard InChI is InChI=1S/C18H23N3O5S3/c1-20(28(2,23)24)16-8-3-7-15(12-16)19-18(22)14-6-4-10-21(13-14)29(25,26)17-9-5-11-27-17/h3,5,7-9,11-12,14H,4,6,10,13H2,1-2H3,(H,19,22)/t14-/m0/s1. The lowest BCUT2D eigenvalue weighted by Gasteiger charge is -2.30. The molecule has 8 nitrogen and oxygen atoms in total. The van der Waals surface area contributed by atoms with Gasteiger partial charge in [-0.1, -0.05) is 12.1 Å². The van der Waals surface area contributed by atoms with Crippen molar-refractivity contribution >= 4 is 48.7 Å². The minimum absolute atomic E-state index is 0.120. The van der Waals surface area contributed by atoms with Crippen molar-refractivity contribution in [3.63, 3.8) is 0 Å². The van der Waals surface area contributed by atoms with Gasteiger partial charge in [-0.05, 0) is 42.5 Å². The van der Waals surface area contributed by atoms with Gasteiger partial charge < -0.3 is 5.32 Å². The molecule has 1 saturated heterocycles. The Balaban J connectivity index is 1.71. The molecule has 1 amide bonds. The highest BCUT2D eigenvalue weighted by Crippen LogP contribution is 2.27. The molecule has 1 atom stereocenters. The van der Waals surface area contributed by atoms with E-state index in [0.29, 0.717) is 30.8 Å². The molecule has 11 heteroatoms. The molecule has 1 N–H and O–H groups in total. The summed E-state index contributed by atoms with van der Waals surface area (Å²) >= 11 is 1.16. The Hall–Kier alpha value is -1.95. The number of thiophene rings is 1. The Morgan fingerprint density at radius 3 is 2.62 bits per heavy atom. The molecule has 0 radical (unpaired) electrons. The summed E-state index contributed by atoms with van der Waals surface area (Å²) in [5, 5.41) is 4.50. The molecule has 0 bridgehead atoms. The van der Waals surface area contributed by atoms with E-state index in [1.807, 2.05) is 0 Å². The van der Waals surface area contributed by atoms with Crippen molar-refractivity contribution in [1.82, 2.24) is 4.31 Å². The third kappa shape index (κ3) is 4.97. The Morgan fingerprint density at radius 2 is 1.97 bits per heavy atom. The Labute approximate surface area is 175 Å². The van der Waals surface area contributed by atoms with Crippen LogP contribution in [-0.2, 0) is 24.8 Å². The largest absolute Gasteiger partial charge is 0.326 e. The highest BCUT2D eigenvalue weighted by molar-refractivity contribution is 7.92. The average Bonchev–Trinajstić information content (AvgIpc) is 3.22. The molecular weight excluding hydrogens is 434 g/mol. The van der Waals surface area contributed by atoms with Gasteiger partial charge in [0.1, 0.15) is 4.21 Å². The first kappa shape index (κ1) is 21.8. The average molecular weight is 458 g/mol. The van der Waals surface area contributed by atoms with Crippen LogP contribution in [-0.4, -0.2) is 53.4 Å². The zero-order valence-corrected chi connectivity index (χ0v) is 18.6. The van der Waals surface area contributed by atoms with Gasteiger partial charge in [0.15, 0.2) is 0 Å². The Kier molecular flexibility index (Phi) is 6.32. The van der Waals surface area contributed by atoms with E-state index < -0.39 is 26.0 Å². The molecule has 1 aromatic heterocycles. The summed E-state index contributed by atoms with van der Waals surface area (Å²) in [5.41, 5.74) is 0.886. The van der Waals surface area contributed by atoms with Crippen LogP contribution in [0.5, 0.6) is 0 Å². The number of carbonyl (C=O) groups excluding carboxylic acids is 1. The molecule has 0 saturated carbocycles. The van der Waals surface area contributed by atoms with Crippen LogP contribution in [0.4, 0.5) is 11.4 Å². The molecule has 1 aliphatic heterocycles. The molecule has 2 heterocycles. The van der Waals surface area contributed by atoms with Gasteiger partial charge in [0.2, 0.25) is 15.9 Å². The van der Waals surface area contributed by atoms with E-state index in [9.17, 15) is 21.6 Å². The predicted octanol–water partition coefficient (Wildman–Crippen LogP) is 2.18. The number of sulfonamides is 2. The first-order valence-electron chi connectivity index (χ1n) is 8.97. The number of carbonyl (C=O) groups is 1. The van der Waals surface area contributed by atoms with Crippen LogP contribution in [0.1, 0.15) is 12.8 Å². The van der Waals surface area contributed by atoms with Crippen LogP contribution in [0.3, 0.4) is 0 Å². The van der Waals surface area contributed by atoms with E-state index in [4.69, 9.17) is 0 Å². The van der Waals surface area contributed by atoms with E-state index in [1.54, 1.807) is 41.8 Å². The zero-order chi connectivity index (χ0) is 21.2. The summed E-state index contributed by atoms with van der Waals surface area (Å²) in [6.45, 7) is 0.508. The first-order chi connectivity index (χ1) is 13.6. The van der Waals surface area contributed by atoms with Gasteiger partial charge in [0.05, 0.1) is 17.9 Å². The Bertz CT molecular complexity index is 1080. The summed E-state index contributed by atoms with van der Waals surface area (Å²) in [4.78, 5) is 12.7. The monoisotopic (exact) mass is 457 g/mol. The minimum atomic E-state index is -3.59. The molecule has 0 unspecified atom stereocenters. The lowest BCUT2D eigenvalue weighted by molar-refractivity contribution is -0.120. The summed E-state index contributed by atoms with van der Waals surface area (Å²) < 4.78 is 51.7. The number of anilines is 2. The fraction of sp³-hybridized carbons (Fsp3) is 0.389. The normalized spacial score (nSPS) is 18.3. The lowest BCUT2D eigenvalue weighted by atomic mass is 9.98. The third-order valence-corrected chi connectivity index (χ3v) is 9.26. The number of rotatable bonds is 6. The highest BCUT2D eigenvalue weighted by atomic mass is 32.2. The van der Waals surface area contributed by atoms with Crippen molar-refractivity contribution in [2.24, 2.45) is 5.92 Å². The molecule has 1 aromatic carbocycles. The number of hydrogen-bond acceptors (Lipinski definition) is 6. The number of nitrogens with one attached hydrogen (secondary N) is 1. The molecule has 29 heavy (non-hydrogen) atoms. The van der Waals surface area contributed by atoms with Crippen molar-refractivity contribution in [3.05, 3.63) is 41.8 Å². The highest BCUT2D eigenvalue weighted by Gasteiger charge is 2.33. The molecule has 1 aliphatic rings. The summed E-state index contributed by atoms with van der Waals surface area (Å²) in [7, 11) is -5.58. The van der Waals surface area contributed by atoms with Crippen LogP contribution >= 0.6 is 11.3 Å². The van der Waals surface area contributed by atoms with Gasteiger partial charge in [0.25, 0.3) is 10.0 Å². The number of hydrogen-bond donors (Lipinski definition) is 1. The second kappa shape index (κ2) is 8.42. The SMILES string of the molecule is CN(c1cccc(NC(=O)[C@H]2CCCN(S(=O)(=O)c3cccs3)C2)c1)S(C)(=O)=O. The second-order valence-electron chi connectivity index (χ2n) is 6.90. The summed E-state index contributed by atoms with van der Waals surface area (Å²) in [5.74, 6) is -0.759. The van der Waals surface area contributed by atoms with E-state index in [-0.39, 0.29) is 16.7 Å². The summed E-state index contributed by atoms with van der Waals surface area (Å²) in [6.07, 6.45) is 2.29. The van der Waals surface area contributed by atoms with Crippen molar-refractivity contribution in [1.29, 1.82) is 0 Å². The lowest BCUT2D eigenvalue weighted by Crippen LogP contribution is -2.43. The number of piperidine rings is 1. The minimum Gasteiger partial charge on any atom is -0.326 e. The number of amides is 1. The summed E-state index contributed by atoms with van der Waals surface area (Å²) in [6, 6.07) is 9.77. The van der Waals surface area contributed by atoms with Crippen LogP contribution in [0, 0.1) is 5.92 Å². The maximum atomic E-state index is 12.7. The van der Waals surface area contributed by atoms with Crippen molar-refractivity contribution in [2.75, 3.05) is 36.0 Å². The molecular formula is C18H23N3O5S3. The van der Waals surface area contributed by atoms with Crippen molar-refractivity contribution in [3.8, 4) is 0 Å². The quantitative estimate of drug-likeness (QED) is 0.716. The number of nitrogens with zero attached hydrogens (tertiary/aromatic N) is 2. The molecule has 158 valence electrons. The van der Waals surface area contributed by atoms with Gasteiger partial charge >= 0.3 is 0 Å². The van der Waals surface area contributed by atoms with E-state index in [2.05, 4.69) is 5.32 Å². The molecule has 1 fully saturated rings. The van der Waals surface area contributed by atoms with Crippen LogP contribution in [0.15, 0.2) is 46.0 Å². The zero-order valence-electron chi connectivity index (χ0n) is 16.1. The maximum absolute atomic E-state index is 12.7. The fourth-order valence-corrected chi connectivity index (χ4v) is 6.29. The smallest absolute Gasteiger partial charge is 0.252 e. The molecule has 0 aliphatic carbocycles. The van der Waals surface area contributed by atoms with E-state index in [1.165, 1.54) is 11.4 Å². The molecule has 0 spiro atoms. The first-order valence-corrected chi connectivity index (χ1v) is 13.1. The van der Waals surface area contributed by atoms with Crippen molar-refractivity contribution in [2.45, 2.75) is 17.1 Å². The van der Waals surface area contributed by atoms with Gasteiger partial charge in [-0.3, -0.25) is 9.10 Å². The second-order valence-corrected chi connectivity index (χ2v) is 12.0. The molecule has 2 aromatic rings. The van der Waals surface area contributed by atoms with Crippen LogP contribution in [0.25, 0.3) is 0 Å². The number of benzene rings is 1. The van der Waals surface area contributed by atoms with E-state index >= 15 is 0 Å². The third-order valence-electron chi connectivity index (χ3n) is 4.82. The van der Waals surface area contributed by atoms with Crippen LogP contribution in [0.2, 0.25) is 0 Å². The predicted molar refractivity (Wildman–Crippen MR) is 114 cm³/mol. The topological polar surface area (TPSA) is 104 Å². The van der Waals surface area contributed by atoms with Crippen molar-refractivity contribution < 1.29 is 21.6 Å². The fourth-order valence-electron chi connectivity index (χ4n) is 3.13. The van der Waals surface area contributed by atoms with Gasteiger partial charge in [-0.15, -0.1) is 11.3 Å². The van der Waals surface area contributed by atoms with Gasteiger partial charge in [-0.2, -0.15) is 4.31 Å². The van der Waals surface area contributed by atoms with Gasteiger partial charge in [0, 0.05) is 25.8 Å². The maximum Gasteiger partial charge on any atom is 0.252 e. The Morgan fingerprint density at radius 1 is 1.21 bits per heavy atom. The van der Waals surface area contributed by atoms with Crippen LogP contribution < -0.4 is 9.62 Å². The van der Waals surface area contributed by atoms with Gasteiger partial charge in [-0.25, -0.2) is 16.8 Å². The van der Waals surface area contributed by atoms with E-state index in [0.717, 1.165) is 21.9 Å². The molecule has 3 rings (SSSR count).